The van der Waals surface area contributed by atoms with Crippen LogP contribution < -0.4 is 16.2 Å². The lowest BCUT2D eigenvalue weighted by Crippen LogP contribution is -2.41. The minimum Gasteiger partial charge on any atom is -0.466 e. The number of pyridine rings is 1. The molecule has 1 unspecified atom stereocenters. The van der Waals surface area contributed by atoms with Crippen LogP contribution in [0.1, 0.15) is 49.2 Å². The zero-order valence-electron chi connectivity index (χ0n) is 17.8. The number of hydrogen-bond donors (Lipinski definition) is 3. The van der Waals surface area contributed by atoms with E-state index in [9.17, 15) is 14.4 Å². The Morgan fingerprint density at radius 2 is 1.97 bits per heavy atom. The molecule has 3 N–H and O–H groups in total. The number of nitrogens with one attached hydrogen (secondary N) is 3. The number of aromatic nitrogens is 2. The third kappa shape index (κ3) is 8.89. The highest BCUT2D eigenvalue weighted by Gasteiger charge is 2.22. The van der Waals surface area contributed by atoms with Crippen molar-refractivity contribution in [1.82, 2.24) is 20.8 Å². The highest BCUT2D eigenvalue weighted by molar-refractivity contribution is 8.23. The average molecular weight is 496 g/mol. The summed E-state index contributed by atoms with van der Waals surface area (Å²) in [5, 5.41) is 4.43. The summed E-state index contributed by atoms with van der Waals surface area (Å²) in [5.41, 5.74) is 6.16. The molecule has 0 saturated carbocycles. The summed E-state index contributed by atoms with van der Waals surface area (Å²) >= 11 is 7.69. The van der Waals surface area contributed by atoms with Gasteiger partial charge in [0, 0.05) is 23.3 Å². The van der Waals surface area contributed by atoms with Gasteiger partial charge in [0.2, 0.25) is 5.91 Å². The Balaban J connectivity index is 1.90. The van der Waals surface area contributed by atoms with Gasteiger partial charge in [-0.25, -0.2) is 4.98 Å². The Morgan fingerprint density at radius 1 is 1.22 bits per heavy atom. The molecule has 172 valence electrons. The van der Waals surface area contributed by atoms with E-state index in [0.29, 0.717) is 29.4 Å². The van der Waals surface area contributed by atoms with Crippen LogP contribution in [0.4, 0.5) is 5.13 Å². The minimum absolute atomic E-state index is 0.0550. The van der Waals surface area contributed by atoms with Crippen LogP contribution in [0.25, 0.3) is 0 Å². The topological polar surface area (TPSA) is 122 Å². The number of amides is 2. The van der Waals surface area contributed by atoms with Crippen LogP contribution in [0.15, 0.2) is 29.9 Å². The summed E-state index contributed by atoms with van der Waals surface area (Å²) in [7, 11) is 0. The van der Waals surface area contributed by atoms with E-state index < -0.39 is 5.25 Å². The first kappa shape index (κ1) is 25.7. The van der Waals surface area contributed by atoms with Crippen molar-refractivity contribution in [2.45, 2.75) is 44.8 Å². The Labute approximate surface area is 200 Å². The molecule has 2 aromatic heterocycles. The fourth-order valence-electron chi connectivity index (χ4n) is 2.47. The van der Waals surface area contributed by atoms with Gasteiger partial charge in [-0.05, 0) is 25.5 Å². The molecule has 0 saturated heterocycles. The molecular weight excluding hydrogens is 470 g/mol. The summed E-state index contributed by atoms with van der Waals surface area (Å²) < 4.78 is 5.18. The SMILES string of the molecule is CCCCC(SC(=S)NNC(=O)c1ccncc1)C(=O)Nc1nc(CC(=O)OCC)cs1. The van der Waals surface area contributed by atoms with E-state index in [4.69, 9.17) is 17.0 Å². The van der Waals surface area contributed by atoms with E-state index in [1.54, 1.807) is 24.4 Å². The van der Waals surface area contributed by atoms with Gasteiger partial charge >= 0.3 is 5.97 Å². The second-order valence-electron chi connectivity index (χ2n) is 6.47. The van der Waals surface area contributed by atoms with E-state index in [2.05, 4.69) is 26.1 Å². The van der Waals surface area contributed by atoms with Gasteiger partial charge in [-0.15, -0.1) is 11.3 Å². The third-order valence-electron chi connectivity index (χ3n) is 3.99. The quantitative estimate of drug-likeness (QED) is 0.259. The second-order valence-corrected chi connectivity index (χ2v) is 9.20. The molecule has 2 amide bonds. The molecule has 0 aliphatic carbocycles. The van der Waals surface area contributed by atoms with E-state index in [1.165, 1.54) is 23.7 Å². The number of unbranched alkanes of at least 4 members (excludes halogenated alkanes) is 1. The number of nitrogens with zero attached hydrogens (tertiary/aromatic N) is 2. The average Bonchev–Trinajstić information content (AvgIpc) is 3.21. The minimum atomic E-state index is -0.467. The maximum Gasteiger partial charge on any atom is 0.311 e. The van der Waals surface area contributed by atoms with Gasteiger partial charge < -0.3 is 10.1 Å². The molecule has 0 fully saturated rings. The van der Waals surface area contributed by atoms with Gasteiger partial charge in [-0.3, -0.25) is 30.2 Å². The van der Waals surface area contributed by atoms with Gasteiger partial charge in [-0.2, -0.15) is 0 Å². The molecule has 2 heterocycles. The van der Waals surface area contributed by atoms with Crippen LogP contribution in [-0.2, 0) is 20.7 Å². The number of thioether (sulfide) groups is 1. The molecular formula is C20H25N5O4S3. The molecule has 1 atom stereocenters. The number of hydrogen-bond acceptors (Lipinski definition) is 9. The van der Waals surface area contributed by atoms with Gasteiger partial charge in [0.15, 0.2) is 9.45 Å². The molecule has 2 rings (SSSR count). The number of thiazole rings is 1. The predicted molar refractivity (Wildman–Crippen MR) is 129 cm³/mol. The first-order valence-electron chi connectivity index (χ1n) is 10.0. The van der Waals surface area contributed by atoms with Crippen LogP contribution in [0.3, 0.4) is 0 Å². The number of hydrazine groups is 1. The van der Waals surface area contributed by atoms with Crippen molar-refractivity contribution < 1.29 is 19.1 Å². The first-order valence-corrected chi connectivity index (χ1v) is 12.2. The number of rotatable bonds is 10. The highest BCUT2D eigenvalue weighted by Crippen LogP contribution is 2.22. The third-order valence-corrected chi connectivity index (χ3v) is 6.24. The van der Waals surface area contributed by atoms with Crippen molar-refractivity contribution in [2.75, 3.05) is 11.9 Å². The Morgan fingerprint density at radius 3 is 2.66 bits per heavy atom. The van der Waals surface area contributed by atoms with Crippen LogP contribution in [-0.4, -0.2) is 43.9 Å². The maximum absolute atomic E-state index is 12.8. The number of thiocarbonyl (C=S) groups is 1. The van der Waals surface area contributed by atoms with E-state index in [1.807, 2.05) is 6.92 Å². The summed E-state index contributed by atoms with van der Waals surface area (Å²) in [6.07, 6.45) is 5.45. The summed E-state index contributed by atoms with van der Waals surface area (Å²) in [4.78, 5) is 44.7. The molecule has 32 heavy (non-hydrogen) atoms. The zero-order valence-corrected chi connectivity index (χ0v) is 20.2. The fourth-order valence-corrected chi connectivity index (χ4v) is 4.40. The lowest BCUT2D eigenvalue weighted by molar-refractivity contribution is -0.142. The molecule has 0 aliphatic rings. The first-order chi connectivity index (χ1) is 15.4. The van der Waals surface area contributed by atoms with E-state index in [0.717, 1.165) is 24.6 Å². The van der Waals surface area contributed by atoms with E-state index in [-0.39, 0.29) is 28.5 Å². The lowest BCUT2D eigenvalue weighted by atomic mass is 10.2. The van der Waals surface area contributed by atoms with Gasteiger partial charge in [0.05, 0.1) is 24.0 Å². The number of carbonyl (C=O) groups is 3. The van der Waals surface area contributed by atoms with Crippen molar-refractivity contribution >= 4 is 62.6 Å². The van der Waals surface area contributed by atoms with Crippen LogP contribution in [0.2, 0.25) is 0 Å². The largest absolute Gasteiger partial charge is 0.466 e. The van der Waals surface area contributed by atoms with Crippen LogP contribution in [0, 0.1) is 0 Å². The normalized spacial score (nSPS) is 11.3. The molecule has 12 heteroatoms. The van der Waals surface area contributed by atoms with E-state index >= 15 is 0 Å². The molecule has 9 nitrogen and oxygen atoms in total. The van der Waals surface area contributed by atoms with Crippen LogP contribution >= 0.6 is 35.3 Å². The lowest BCUT2D eigenvalue weighted by Gasteiger charge is -2.17. The molecule has 0 aromatic carbocycles. The van der Waals surface area contributed by atoms with Crippen LogP contribution in [0.5, 0.6) is 0 Å². The zero-order chi connectivity index (χ0) is 23.3. The Kier molecular flexibility index (Phi) is 11.0. The molecule has 0 radical (unpaired) electrons. The number of anilines is 1. The standard InChI is InChI=1S/C20H25N5O4S3/c1-3-5-6-15(32-20(30)25-24-17(27)13-7-9-21-10-8-13)18(28)23-19-22-14(12-31-19)11-16(26)29-4-2/h7-10,12,15H,3-6,11H2,1-2H3,(H,24,27)(H,25,30)(H,22,23,28). The summed E-state index contributed by atoms with van der Waals surface area (Å²) in [6.45, 7) is 4.08. The molecule has 2 aromatic rings. The summed E-state index contributed by atoms with van der Waals surface area (Å²) in [5.74, 6) is -0.968. The Hall–Kier alpha value is -2.57. The van der Waals surface area contributed by atoms with Crippen molar-refractivity contribution in [3.8, 4) is 0 Å². The van der Waals surface area contributed by atoms with Gasteiger partial charge in [0.1, 0.15) is 0 Å². The summed E-state index contributed by atoms with van der Waals surface area (Å²) in [6, 6.07) is 3.16. The van der Waals surface area contributed by atoms with Gasteiger partial charge in [0.25, 0.3) is 5.91 Å². The van der Waals surface area contributed by atoms with Gasteiger partial charge in [-0.1, -0.05) is 43.7 Å². The fraction of sp³-hybridized carbons (Fsp3) is 0.400. The number of carbonyl (C=O) groups excluding carboxylic acids is 3. The van der Waals surface area contributed by atoms with Crippen molar-refractivity contribution in [2.24, 2.45) is 0 Å². The monoisotopic (exact) mass is 495 g/mol. The smallest absolute Gasteiger partial charge is 0.311 e. The molecule has 0 aliphatic heterocycles. The van der Waals surface area contributed by atoms with Crippen molar-refractivity contribution in [1.29, 1.82) is 0 Å². The highest BCUT2D eigenvalue weighted by atomic mass is 32.2. The number of esters is 1. The van der Waals surface area contributed by atoms with Crippen molar-refractivity contribution in [3.05, 3.63) is 41.2 Å². The predicted octanol–water partition coefficient (Wildman–Crippen LogP) is 3.09. The molecule has 0 spiro atoms. The van der Waals surface area contributed by atoms with Crippen molar-refractivity contribution in [3.63, 3.8) is 0 Å². The second kappa shape index (κ2) is 13.8. The maximum atomic E-state index is 12.8. The molecule has 0 bridgehead atoms. The Bertz CT molecular complexity index is 923. The number of ether oxygens (including phenoxy) is 1.